The highest BCUT2D eigenvalue weighted by atomic mass is 16.3. The van der Waals surface area contributed by atoms with Crippen LogP contribution >= 0.6 is 0 Å². The first-order valence-corrected chi connectivity index (χ1v) is 5.89. The van der Waals surface area contributed by atoms with Gasteiger partial charge >= 0.3 is 0 Å². The predicted molar refractivity (Wildman–Crippen MR) is 68.6 cm³/mol. The van der Waals surface area contributed by atoms with Crippen LogP contribution in [0.25, 0.3) is 0 Å². The van der Waals surface area contributed by atoms with E-state index in [9.17, 15) is 5.11 Å². The second-order valence-electron chi connectivity index (χ2n) is 4.85. The van der Waals surface area contributed by atoms with Crippen LogP contribution in [0.5, 0.6) is 0 Å². The summed E-state index contributed by atoms with van der Waals surface area (Å²) in [6, 6.07) is 6.26. The minimum atomic E-state index is -0.440. The van der Waals surface area contributed by atoms with Crippen molar-refractivity contribution in [3.05, 3.63) is 34.9 Å². The molecule has 2 heteroatoms. The fourth-order valence-corrected chi connectivity index (χ4v) is 2.01. The number of nitrogens with one attached hydrogen (secondary N) is 1. The number of aliphatic hydroxyl groups excluding tert-OH is 1. The van der Waals surface area contributed by atoms with Gasteiger partial charge in [-0.1, -0.05) is 32.0 Å². The fourth-order valence-electron chi connectivity index (χ4n) is 2.01. The van der Waals surface area contributed by atoms with Gasteiger partial charge in [0.1, 0.15) is 0 Å². The molecule has 2 atom stereocenters. The first-order valence-electron chi connectivity index (χ1n) is 5.89. The number of likely N-dealkylation sites (N-methyl/N-ethyl adjacent to an activating group) is 1. The molecule has 0 aliphatic heterocycles. The molecule has 0 aliphatic carbocycles. The van der Waals surface area contributed by atoms with Crippen molar-refractivity contribution >= 4 is 0 Å². The summed E-state index contributed by atoms with van der Waals surface area (Å²) in [6.07, 6.45) is -0.440. The minimum absolute atomic E-state index is 0.0992. The maximum Gasteiger partial charge on any atom is 0.0945 e. The van der Waals surface area contributed by atoms with Crippen molar-refractivity contribution in [2.75, 3.05) is 7.05 Å². The van der Waals surface area contributed by atoms with Crippen molar-refractivity contribution in [1.29, 1.82) is 0 Å². The van der Waals surface area contributed by atoms with E-state index >= 15 is 0 Å². The Morgan fingerprint density at radius 3 is 2.19 bits per heavy atom. The topological polar surface area (TPSA) is 32.3 Å². The lowest BCUT2D eigenvalue weighted by Crippen LogP contribution is -2.36. The van der Waals surface area contributed by atoms with Crippen molar-refractivity contribution in [3.63, 3.8) is 0 Å². The minimum Gasteiger partial charge on any atom is -0.387 e. The molecule has 0 radical (unpaired) electrons. The van der Waals surface area contributed by atoms with Crippen molar-refractivity contribution in [2.24, 2.45) is 5.92 Å². The standard InChI is InChI=1S/C14H23NO/c1-9(2)13(15-5)14(16)12-7-6-10(3)11(4)8-12/h6-9,13-16H,1-5H3. The van der Waals surface area contributed by atoms with Gasteiger partial charge in [0.2, 0.25) is 0 Å². The van der Waals surface area contributed by atoms with E-state index in [2.05, 4.69) is 45.1 Å². The summed E-state index contributed by atoms with van der Waals surface area (Å²) in [5.41, 5.74) is 3.49. The Morgan fingerprint density at radius 1 is 1.12 bits per heavy atom. The highest BCUT2D eigenvalue weighted by Crippen LogP contribution is 2.23. The molecule has 2 nitrogen and oxygen atoms in total. The molecule has 0 spiro atoms. The Morgan fingerprint density at radius 2 is 1.75 bits per heavy atom. The molecule has 0 amide bonds. The summed E-state index contributed by atoms with van der Waals surface area (Å²) in [4.78, 5) is 0. The molecule has 0 bridgehead atoms. The molecule has 90 valence electrons. The van der Waals surface area contributed by atoms with Crippen LogP contribution in [0.4, 0.5) is 0 Å². The van der Waals surface area contributed by atoms with E-state index in [1.807, 2.05) is 13.1 Å². The zero-order valence-electron chi connectivity index (χ0n) is 10.9. The van der Waals surface area contributed by atoms with E-state index in [0.717, 1.165) is 5.56 Å². The lowest BCUT2D eigenvalue weighted by Gasteiger charge is -2.26. The zero-order valence-corrected chi connectivity index (χ0v) is 10.9. The van der Waals surface area contributed by atoms with Gasteiger partial charge in [-0.15, -0.1) is 0 Å². The fraction of sp³-hybridized carbons (Fsp3) is 0.571. The summed E-state index contributed by atoms with van der Waals surface area (Å²) in [7, 11) is 1.90. The molecule has 0 saturated carbocycles. The first-order chi connectivity index (χ1) is 7.47. The molecule has 1 aromatic carbocycles. The third-order valence-corrected chi connectivity index (χ3v) is 3.26. The molecule has 1 rings (SSSR count). The molecule has 1 aromatic rings. The maximum absolute atomic E-state index is 10.3. The summed E-state index contributed by atoms with van der Waals surface area (Å²) in [5, 5.41) is 13.5. The maximum atomic E-state index is 10.3. The molecule has 16 heavy (non-hydrogen) atoms. The lowest BCUT2D eigenvalue weighted by molar-refractivity contribution is 0.110. The van der Waals surface area contributed by atoms with Crippen LogP contribution in [-0.4, -0.2) is 18.2 Å². The van der Waals surface area contributed by atoms with Gasteiger partial charge in [-0.3, -0.25) is 0 Å². The number of hydrogen-bond acceptors (Lipinski definition) is 2. The predicted octanol–water partition coefficient (Wildman–Crippen LogP) is 2.58. The second kappa shape index (κ2) is 5.46. The lowest BCUT2D eigenvalue weighted by atomic mass is 9.92. The molecule has 0 aromatic heterocycles. The Hall–Kier alpha value is -0.860. The van der Waals surface area contributed by atoms with Crippen LogP contribution in [0.3, 0.4) is 0 Å². The van der Waals surface area contributed by atoms with Crippen LogP contribution < -0.4 is 5.32 Å². The number of benzene rings is 1. The number of aryl methyl sites for hydroxylation is 2. The van der Waals surface area contributed by atoms with Crippen molar-refractivity contribution in [2.45, 2.75) is 39.8 Å². The smallest absolute Gasteiger partial charge is 0.0945 e. The molecule has 0 fully saturated rings. The van der Waals surface area contributed by atoms with Gasteiger partial charge in [-0.2, -0.15) is 0 Å². The van der Waals surface area contributed by atoms with E-state index < -0.39 is 6.10 Å². The van der Waals surface area contributed by atoms with Crippen molar-refractivity contribution in [3.8, 4) is 0 Å². The van der Waals surface area contributed by atoms with Crippen molar-refractivity contribution < 1.29 is 5.11 Å². The van der Waals surface area contributed by atoms with Gasteiger partial charge in [-0.25, -0.2) is 0 Å². The molecule has 0 aliphatic rings. The quantitative estimate of drug-likeness (QED) is 0.819. The molecular weight excluding hydrogens is 198 g/mol. The Bertz CT molecular complexity index is 347. The van der Waals surface area contributed by atoms with Gasteiger partial charge in [0.15, 0.2) is 0 Å². The first kappa shape index (κ1) is 13.2. The average molecular weight is 221 g/mol. The van der Waals surface area contributed by atoms with Crippen molar-refractivity contribution in [1.82, 2.24) is 5.32 Å². The zero-order chi connectivity index (χ0) is 12.3. The largest absolute Gasteiger partial charge is 0.387 e. The van der Waals surface area contributed by atoms with Gasteiger partial charge in [0, 0.05) is 6.04 Å². The summed E-state index contributed by atoms with van der Waals surface area (Å²) in [5.74, 6) is 0.404. The number of hydrogen-bond donors (Lipinski definition) is 2. The monoisotopic (exact) mass is 221 g/mol. The van der Waals surface area contributed by atoms with E-state index in [-0.39, 0.29) is 6.04 Å². The van der Waals surface area contributed by atoms with Crippen LogP contribution in [-0.2, 0) is 0 Å². The van der Waals surface area contributed by atoms with E-state index in [0.29, 0.717) is 5.92 Å². The normalized spacial score (nSPS) is 15.2. The van der Waals surface area contributed by atoms with E-state index in [1.165, 1.54) is 11.1 Å². The van der Waals surface area contributed by atoms with Gasteiger partial charge < -0.3 is 10.4 Å². The van der Waals surface area contributed by atoms with E-state index in [1.54, 1.807) is 0 Å². The van der Waals surface area contributed by atoms with Gasteiger partial charge in [0.05, 0.1) is 6.10 Å². The third kappa shape index (κ3) is 2.83. The Balaban J connectivity index is 2.94. The highest BCUT2D eigenvalue weighted by Gasteiger charge is 2.22. The molecule has 2 unspecified atom stereocenters. The summed E-state index contributed by atoms with van der Waals surface area (Å²) < 4.78 is 0. The Labute approximate surface area is 98.7 Å². The van der Waals surface area contributed by atoms with E-state index in [4.69, 9.17) is 0 Å². The summed E-state index contributed by atoms with van der Waals surface area (Å²) >= 11 is 0. The van der Waals surface area contributed by atoms with Gasteiger partial charge in [0.25, 0.3) is 0 Å². The second-order valence-corrected chi connectivity index (χ2v) is 4.85. The number of rotatable bonds is 4. The molecule has 0 saturated heterocycles. The molecule has 0 heterocycles. The number of aliphatic hydroxyl groups is 1. The third-order valence-electron chi connectivity index (χ3n) is 3.26. The molecular formula is C14H23NO. The Kier molecular flexibility index (Phi) is 4.51. The highest BCUT2D eigenvalue weighted by molar-refractivity contribution is 5.31. The van der Waals surface area contributed by atoms with Crippen LogP contribution in [0.2, 0.25) is 0 Å². The van der Waals surface area contributed by atoms with Crippen LogP contribution in [0.1, 0.15) is 36.6 Å². The van der Waals surface area contributed by atoms with Crippen LogP contribution in [0.15, 0.2) is 18.2 Å². The van der Waals surface area contributed by atoms with Gasteiger partial charge in [-0.05, 0) is 43.5 Å². The average Bonchev–Trinajstić information content (AvgIpc) is 2.22. The SMILES string of the molecule is CNC(C(C)C)C(O)c1ccc(C)c(C)c1. The summed E-state index contributed by atoms with van der Waals surface area (Å²) in [6.45, 7) is 8.40. The van der Waals surface area contributed by atoms with Crippen LogP contribution in [0, 0.1) is 19.8 Å². The molecule has 2 N–H and O–H groups in total.